The van der Waals surface area contributed by atoms with Gasteiger partial charge in [0.2, 0.25) is 0 Å². The standard InChI is InChI=1S/C16H22BrNO2/c1-11(18)16(5-6-16)12-3-4-14(13(17)7-12)20-10-15(2)8-19-9-15/h3-4,7,11H,5-6,8-10,18H2,1-2H3. The van der Waals surface area contributed by atoms with Crippen LogP contribution >= 0.6 is 15.9 Å². The molecular weight excluding hydrogens is 318 g/mol. The molecule has 1 aromatic carbocycles. The van der Waals surface area contributed by atoms with E-state index in [1.807, 2.05) is 0 Å². The zero-order chi connectivity index (χ0) is 14.4. The molecule has 2 aliphatic rings. The fourth-order valence-corrected chi connectivity index (χ4v) is 3.35. The maximum Gasteiger partial charge on any atom is 0.133 e. The van der Waals surface area contributed by atoms with Crippen molar-refractivity contribution in [1.82, 2.24) is 0 Å². The molecule has 1 aliphatic heterocycles. The molecule has 20 heavy (non-hydrogen) atoms. The molecule has 3 nitrogen and oxygen atoms in total. The number of ether oxygens (including phenoxy) is 2. The quantitative estimate of drug-likeness (QED) is 0.895. The lowest BCUT2D eigenvalue weighted by Crippen LogP contribution is -2.44. The van der Waals surface area contributed by atoms with Crippen molar-refractivity contribution in [1.29, 1.82) is 0 Å². The average molecular weight is 340 g/mol. The van der Waals surface area contributed by atoms with Gasteiger partial charge in [-0.15, -0.1) is 0 Å². The van der Waals surface area contributed by atoms with Crippen LogP contribution in [-0.4, -0.2) is 25.9 Å². The summed E-state index contributed by atoms with van der Waals surface area (Å²) in [5.74, 6) is 0.905. The Hall–Kier alpha value is -0.580. The molecule has 1 heterocycles. The highest BCUT2D eigenvalue weighted by atomic mass is 79.9. The van der Waals surface area contributed by atoms with Crippen molar-refractivity contribution in [3.05, 3.63) is 28.2 Å². The van der Waals surface area contributed by atoms with E-state index in [0.29, 0.717) is 6.61 Å². The molecule has 0 aromatic heterocycles. The van der Waals surface area contributed by atoms with Crippen LogP contribution in [0.4, 0.5) is 0 Å². The van der Waals surface area contributed by atoms with E-state index in [9.17, 15) is 0 Å². The summed E-state index contributed by atoms with van der Waals surface area (Å²) in [5, 5.41) is 0. The second kappa shape index (κ2) is 5.00. The largest absolute Gasteiger partial charge is 0.492 e. The van der Waals surface area contributed by atoms with Gasteiger partial charge < -0.3 is 15.2 Å². The van der Waals surface area contributed by atoms with Gasteiger partial charge in [0, 0.05) is 16.9 Å². The van der Waals surface area contributed by atoms with Gasteiger partial charge in [-0.05, 0) is 53.4 Å². The van der Waals surface area contributed by atoms with Gasteiger partial charge in [-0.25, -0.2) is 0 Å². The third-order valence-corrected chi connectivity index (χ3v) is 5.26. The molecule has 1 aromatic rings. The van der Waals surface area contributed by atoms with Crippen LogP contribution in [0, 0.1) is 5.41 Å². The molecule has 1 saturated heterocycles. The second-order valence-electron chi connectivity index (χ2n) is 6.68. The Morgan fingerprint density at radius 1 is 1.40 bits per heavy atom. The Labute approximate surface area is 129 Å². The van der Waals surface area contributed by atoms with Crippen molar-refractivity contribution >= 4 is 15.9 Å². The molecule has 4 heteroatoms. The maximum absolute atomic E-state index is 6.13. The first-order chi connectivity index (χ1) is 9.45. The molecule has 0 spiro atoms. The summed E-state index contributed by atoms with van der Waals surface area (Å²) in [6.45, 7) is 6.56. The summed E-state index contributed by atoms with van der Waals surface area (Å²) < 4.78 is 12.2. The normalized spacial score (nSPS) is 23.8. The number of rotatable bonds is 5. The highest BCUT2D eigenvalue weighted by molar-refractivity contribution is 9.10. The summed E-state index contributed by atoms with van der Waals surface area (Å²) in [5.41, 5.74) is 7.82. The van der Waals surface area contributed by atoms with Crippen molar-refractivity contribution in [2.45, 2.75) is 38.1 Å². The van der Waals surface area contributed by atoms with E-state index >= 15 is 0 Å². The Bertz CT molecular complexity index is 507. The molecule has 3 rings (SSSR count). The van der Waals surface area contributed by atoms with Crippen molar-refractivity contribution in [3.8, 4) is 5.75 Å². The molecule has 110 valence electrons. The Morgan fingerprint density at radius 3 is 2.55 bits per heavy atom. The molecule has 1 unspecified atom stereocenters. The first-order valence-corrected chi connectivity index (χ1v) is 8.01. The van der Waals surface area contributed by atoms with E-state index in [1.54, 1.807) is 0 Å². The number of hydrogen-bond donors (Lipinski definition) is 1. The van der Waals surface area contributed by atoms with Crippen molar-refractivity contribution in [3.63, 3.8) is 0 Å². The molecule has 2 N–H and O–H groups in total. The fraction of sp³-hybridized carbons (Fsp3) is 0.625. The molecular formula is C16H22BrNO2. The van der Waals surface area contributed by atoms with Crippen molar-refractivity contribution in [2.75, 3.05) is 19.8 Å². The average Bonchev–Trinajstić information content (AvgIpc) is 3.16. The Balaban J connectivity index is 1.71. The van der Waals surface area contributed by atoms with E-state index in [2.05, 4.69) is 48.0 Å². The third kappa shape index (κ3) is 2.49. The van der Waals surface area contributed by atoms with Crippen LogP contribution in [-0.2, 0) is 10.2 Å². The van der Waals surface area contributed by atoms with Gasteiger partial charge in [-0.2, -0.15) is 0 Å². The predicted octanol–water partition coefficient (Wildman–Crippen LogP) is 3.24. The number of benzene rings is 1. The summed E-state index contributed by atoms with van der Waals surface area (Å²) in [6.07, 6.45) is 2.37. The third-order valence-electron chi connectivity index (χ3n) is 4.64. The van der Waals surface area contributed by atoms with Gasteiger partial charge in [0.15, 0.2) is 0 Å². The van der Waals surface area contributed by atoms with Gasteiger partial charge >= 0.3 is 0 Å². The molecule has 1 aliphatic carbocycles. The van der Waals surface area contributed by atoms with E-state index in [1.165, 1.54) is 18.4 Å². The lowest BCUT2D eigenvalue weighted by Gasteiger charge is -2.37. The van der Waals surface area contributed by atoms with Gasteiger partial charge in [-0.3, -0.25) is 0 Å². The van der Waals surface area contributed by atoms with Crippen molar-refractivity contribution < 1.29 is 9.47 Å². The van der Waals surface area contributed by atoms with E-state index in [0.717, 1.165) is 23.4 Å². The van der Waals surface area contributed by atoms with E-state index in [4.69, 9.17) is 15.2 Å². The second-order valence-corrected chi connectivity index (χ2v) is 7.54. The minimum absolute atomic E-state index is 0.168. The Morgan fingerprint density at radius 2 is 2.10 bits per heavy atom. The minimum atomic E-state index is 0.168. The summed E-state index contributed by atoms with van der Waals surface area (Å²) in [4.78, 5) is 0. The van der Waals surface area contributed by atoms with E-state index in [-0.39, 0.29) is 16.9 Å². The highest BCUT2D eigenvalue weighted by Gasteiger charge is 2.47. The molecule has 0 amide bonds. The predicted molar refractivity (Wildman–Crippen MR) is 83.1 cm³/mol. The zero-order valence-electron chi connectivity index (χ0n) is 12.1. The minimum Gasteiger partial charge on any atom is -0.492 e. The molecule has 0 radical (unpaired) electrons. The lowest BCUT2D eigenvalue weighted by atomic mass is 9.89. The summed E-state index contributed by atoms with van der Waals surface area (Å²) in [6, 6.07) is 6.60. The zero-order valence-corrected chi connectivity index (χ0v) is 13.7. The Kier molecular flexibility index (Phi) is 3.59. The molecule has 0 bridgehead atoms. The van der Waals surface area contributed by atoms with Crippen LogP contribution in [0.15, 0.2) is 22.7 Å². The molecule has 2 fully saturated rings. The van der Waals surface area contributed by atoms with Crippen LogP contribution < -0.4 is 10.5 Å². The van der Waals surface area contributed by atoms with Gasteiger partial charge in [0.1, 0.15) is 5.75 Å². The van der Waals surface area contributed by atoms with Crippen LogP contribution in [0.25, 0.3) is 0 Å². The first kappa shape index (κ1) is 14.4. The number of halogens is 1. The molecule has 1 atom stereocenters. The van der Waals surface area contributed by atoms with Crippen molar-refractivity contribution in [2.24, 2.45) is 11.1 Å². The summed E-state index contributed by atoms with van der Waals surface area (Å²) in [7, 11) is 0. The highest BCUT2D eigenvalue weighted by Crippen LogP contribution is 2.51. The van der Waals surface area contributed by atoms with Gasteiger partial charge in [-0.1, -0.05) is 13.0 Å². The number of nitrogens with two attached hydrogens (primary N) is 1. The summed E-state index contributed by atoms with van der Waals surface area (Å²) >= 11 is 3.63. The smallest absolute Gasteiger partial charge is 0.133 e. The van der Waals surface area contributed by atoms with Crippen LogP contribution in [0.1, 0.15) is 32.3 Å². The molecule has 1 saturated carbocycles. The lowest BCUT2D eigenvalue weighted by molar-refractivity contribution is -0.120. The monoisotopic (exact) mass is 339 g/mol. The topological polar surface area (TPSA) is 44.5 Å². The first-order valence-electron chi connectivity index (χ1n) is 7.21. The maximum atomic E-state index is 6.13. The van der Waals surface area contributed by atoms with E-state index < -0.39 is 0 Å². The SMILES string of the molecule is CC(N)C1(c2ccc(OCC3(C)COC3)c(Br)c2)CC1. The van der Waals surface area contributed by atoms with Crippen LogP contribution in [0.3, 0.4) is 0 Å². The van der Waals surface area contributed by atoms with Crippen LogP contribution in [0.5, 0.6) is 5.75 Å². The number of hydrogen-bond acceptors (Lipinski definition) is 3. The van der Waals surface area contributed by atoms with Gasteiger partial charge in [0.05, 0.1) is 24.3 Å². The van der Waals surface area contributed by atoms with Crippen LogP contribution in [0.2, 0.25) is 0 Å². The van der Waals surface area contributed by atoms with Gasteiger partial charge in [0.25, 0.3) is 0 Å². The fourth-order valence-electron chi connectivity index (χ4n) is 2.86.